The molecule has 1 atom stereocenters. The zero-order chi connectivity index (χ0) is 19.1. The number of hydrogen-bond donors (Lipinski definition) is 2. The summed E-state index contributed by atoms with van der Waals surface area (Å²) in [5, 5.41) is 6.12. The summed E-state index contributed by atoms with van der Waals surface area (Å²) >= 11 is 0. The van der Waals surface area contributed by atoms with Crippen molar-refractivity contribution in [2.45, 2.75) is 32.4 Å². The first kappa shape index (κ1) is 19.3. The van der Waals surface area contributed by atoms with E-state index in [1.165, 1.54) is 11.8 Å². The molecule has 0 bridgehead atoms. The number of aromatic nitrogens is 1. The van der Waals surface area contributed by atoms with Crippen LogP contribution in [0.2, 0.25) is 0 Å². The minimum absolute atomic E-state index is 0.104. The van der Waals surface area contributed by atoms with Gasteiger partial charge < -0.3 is 15.5 Å². The molecule has 0 saturated carbocycles. The Balaban J connectivity index is 1.37. The summed E-state index contributed by atoms with van der Waals surface area (Å²) in [7, 11) is 0. The number of carbonyl (C=O) groups excluding carboxylic acids is 1. The Labute approximate surface area is 160 Å². The molecular formula is C21H27FN4O. The first-order valence-electron chi connectivity index (χ1n) is 9.53. The maximum atomic E-state index is 13.6. The number of nitrogens with zero attached hydrogens (tertiary/aromatic N) is 2. The maximum Gasteiger partial charge on any atom is 0.237 e. The van der Waals surface area contributed by atoms with E-state index in [0.717, 1.165) is 32.5 Å². The number of rotatable bonds is 7. The molecule has 0 aliphatic carbocycles. The van der Waals surface area contributed by atoms with Gasteiger partial charge in [0.2, 0.25) is 5.91 Å². The quantitative estimate of drug-likeness (QED) is 0.787. The number of benzene rings is 1. The third kappa shape index (κ3) is 5.50. The van der Waals surface area contributed by atoms with Crippen molar-refractivity contribution in [2.24, 2.45) is 5.92 Å². The fourth-order valence-corrected chi connectivity index (χ4v) is 3.36. The van der Waals surface area contributed by atoms with Gasteiger partial charge in [-0.1, -0.05) is 18.2 Å². The van der Waals surface area contributed by atoms with Gasteiger partial charge in [-0.2, -0.15) is 0 Å². The van der Waals surface area contributed by atoms with Crippen molar-refractivity contribution >= 4 is 11.6 Å². The maximum absolute atomic E-state index is 13.6. The van der Waals surface area contributed by atoms with E-state index in [2.05, 4.69) is 20.5 Å². The van der Waals surface area contributed by atoms with Crippen LogP contribution in [-0.4, -0.2) is 36.6 Å². The summed E-state index contributed by atoms with van der Waals surface area (Å²) in [5.41, 5.74) is 1.72. The molecular weight excluding hydrogens is 343 g/mol. The van der Waals surface area contributed by atoms with Crippen molar-refractivity contribution in [3.63, 3.8) is 0 Å². The molecule has 1 amide bonds. The van der Waals surface area contributed by atoms with E-state index in [-0.39, 0.29) is 24.3 Å². The van der Waals surface area contributed by atoms with Crippen LogP contribution in [-0.2, 0) is 11.3 Å². The minimum atomic E-state index is -0.296. The van der Waals surface area contributed by atoms with Crippen LogP contribution in [0.25, 0.3) is 0 Å². The number of piperidine rings is 1. The van der Waals surface area contributed by atoms with Gasteiger partial charge in [0.1, 0.15) is 5.82 Å². The van der Waals surface area contributed by atoms with Crippen LogP contribution in [0.1, 0.15) is 25.3 Å². The van der Waals surface area contributed by atoms with Gasteiger partial charge in [0.25, 0.3) is 0 Å². The molecule has 1 aromatic carbocycles. The molecule has 1 aliphatic rings. The highest BCUT2D eigenvalue weighted by Gasteiger charge is 2.21. The summed E-state index contributed by atoms with van der Waals surface area (Å²) in [6.07, 6.45) is 5.84. The van der Waals surface area contributed by atoms with Crippen LogP contribution in [0.5, 0.6) is 0 Å². The van der Waals surface area contributed by atoms with E-state index >= 15 is 0 Å². The molecule has 0 spiro atoms. The molecule has 1 aliphatic heterocycles. The Bertz CT molecular complexity index is 732. The van der Waals surface area contributed by atoms with E-state index in [1.54, 1.807) is 18.2 Å². The van der Waals surface area contributed by atoms with Gasteiger partial charge in [0.05, 0.1) is 6.04 Å². The lowest BCUT2D eigenvalue weighted by Crippen LogP contribution is -2.45. The van der Waals surface area contributed by atoms with Crippen molar-refractivity contribution in [1.29, 1.82) is 0 Å². The third-order valence-corrected chi connectivity index (χ3v) is 5.16. The van der Waals surface area contributed by atoms with Crippen molar-refractivity contribution in [3.05, 3.63) is 60.2 Å². The molecule has 2 N–H and O–H groups in total. The van der Waals surface area contributed by atoms with Gasteiger partial charge in [0, 0.05) is 43.3 Å². The smallest absolute Gasteiger partial charge is 0.237 e. The van der Waals surface area contributed by atoms with Crippen LogP contribution in [0.3, 0.4) is 0 Å². The molecule has 2 aromatic rings. The van der Waals surface area contributed by atoms with Crippen LogP contribution in [0.15, 0.2) is 48.8 Å². The molecule has 0 radical (unpaired) electrons. The topological polar surface area (TPSA) is 57.3 Å². The van der Waals surface area contributed by atoms with Gasteiger partial charge in [-0.3, -0.25) is 9.78 Å². The number of pyridine rings is 1. The van der Waals surface area contributed by atoms with Gasteiger partial charge in [-0.05, 0) is 50.4 Å². The van der Waals surface area contributed by atoms with Crippen LogP contribution in [0, 0.1) is 11.7 Å². The highest BCUT2D eigenvalue weighted by molar-refractivity contribution is 5.81. The monoisotopic (exact) mass is 370 g/mol. The lowest BCUT2D eigenvalue weighted by atomic mass is 9.96. The average molecular weight is 370 g/mol. The second-order valence-electron chi connectivity index (χ2n) is 7.07. The Morgan fingerprint density at radius 1 is 1.22 bits per heavy atom. The first-order valence-corrected chi connectivity index (χ1v) is 9.53. The standard InChI is InChI=1S/C21H27FN4O/c1-16(21(27)25-15-18-4-2-3-5-20(18)22)24-14-17-8-12-26(13-9-17)19-6-10-23-11-7-19/h2-7,10-11,16-17,24H,8-9,12-15H2,1H3,(H,25,27). The molecule has 1 unspecified atom stereocenters. The van der Waals surface area contributed by atoms with E-state index in [1.807, 2.05) is 31.5 Å². The lowest BCUT2D eigenvalue weighted by Gasteiger charge is -2.34. The van der Waals surface area contributed by atoms with Crippen molar-refractivity contribution in [1.82, 2.24) is 15.6 Å². The third-order valence-electron chi connectivity index (χ3n) is 5.16. The van der Waals surface area contributed by atoms with E-state index in [0.29, 0.717) is 11.5 Å². The largest absolute Gasteiger partial charge is 0.371 e. The Morgan fingerprint density at radius 2 is 1.93 bits per heavy atom. The van der Waals surface area contributed by atoms with Crippen LogP contribution >= 0.6 is 0 Å². The zero-order valence-corrected chi connectivity index (χ0v) is 15.7. The fourth-order valence-electron chi connectivity index (χ4n) is 3.36. The Kier molecular flexibility index (Phi) is 6.76. The fraction of sp³-hybridized carbons (Fsp3) is 0.429. The predicted molar refractivity (Wildman–Crippen MR) is 105 cm³/mol. The summed E-state index contributed by atoms with van der Waals surface area (Å²) in [6, 6.07) is 10.3. The SMILES string of the molecule is CC(NCC1CCN(c2ccncc2)CC1)C(=O)NCc1ccccc1F. The van der Waals surface area contributed by atoms with E-state index < -0.39 is 0 Å². The van der Waals surface area contributed by atoms with Crippen LogP contribution < -0.4 is 15.5 Å². The summed E-state index contributed by atoms with van der Waals surface area (Å²) < 4.78 is 13.6. The van der Waals surface area contributed by atoms with Gasteiger partial charge in [0.15, 0.2) is 0 Å². The molecule has 5 nitrogen and oxygen atoms in total. The highest BCUT2D eigenvalue weighted by atomic mass is 19.1. The number of carbonyl (C=O) groups is 1. The second kappa shape index (κ2) is 9.46. The van der Waals surface area contributed by atoms with Gasteiger partial charge in [-0.25, -0.2) is 4.39 Å². The number of amides is 1. The number of nitrogens with one attached hydrogen (secondary N) is 2. The molecule has 3 rings (SSSR count). The number of anilines is 1. The van der Waals surface area contributed by atoms with E-state index in [4.69, 9.17) is 0 Å². The molecule has 1 fully saturated rings. The highest BCUT2D eigenvalue weighted by Crippen LogP contribution is 2.22. The first-order chi connectivity index (χ1) is 13.1. The van der Waals surface area contributed by atoms with E-state index in [9.17, 15) is 9.18 Å². The second-order valence-corrected chi connectivity index (χ2v) is 7.07. The molecule has 2 heterocycles. The van der Waals surface area contributed by atoms with Gasteiger partial charge >= 0.3 is 0 Å². The van der Waals surface area contributed by atoms with Crippen LogP contribution in [0.4, 0.5) is 10.1 Å². The minimum Gasteiger partial charge on any atom is -0.371 e. The van der Waals surface area contributed by atoms with Crippen molar-refractivity contribution in [3.8, 4) is 0 Å². The molecule has 27 heavy (non-hydrogen) atoms. The zero-order valence-electron chi connectivity index (χ0n) is 15.7. The molecule has 144 valence electrons. The molecule has 1 aromatic heterocycles. The Morgan fingerprint density at radius 3 is 2.63 bits per heavy atom. The number of hydrogen-bond acceptors (Lipinski definition) is 4. The summed E-state index contributed by atoms with van der Waals surface area (Å²) in [5.74, 6) is 0.164. The Hall–Kier alpha value is -2.47. The van der Waals surface area contributed by atoms with Crippen molar-refractivity contribution in [2.75, 3.05) is 24.5 Å². The predicted octanol–water partition coefficient (Wildman–Crippen LogP) is 2.73. The lowest BCUT2D eigenvalue weighted by molar-refractivity contribution is -0.123. The molecule has 1 saturated heterocycles. The summed E-state index contributed by atoms with van der Waals surface area (Å²) in [4.78, 5) is 18.7. The normalized spacial score (nSPS) is 16.1. The molecule has 6 heteroatoms. The average Bonchev–Trinajstić information content (AvgIpc) is 2.72. The summed E-state index contributed by atoms with van der Waals surface area (Å²) in [6.45, 7) is 4.91. The van der Waals surface area contributed by atoms with Crippen molar-refractivity contribution < 1.29 is 9.18 Å². The number of halogens is 1. The van der Waals surface area contributed by atoms with Gasteiger partial charge in [-0.15, -0.1) is 0 Å².